The van der Waals surface area contributed by atoms with Crippen molar-refractivity contribution in [2.24, 2.45) is 12.5 Å². The fourth-order valence-corrected chi connectivity index (χ4v) is 1.99. The largest absolute Gasteiger partial charge is 0.313 e. The highest BCUT2D eigenvalue weighted by Gasteiger charge is 2.18. The highest BCUT2D eigenvalue weighted by Crippen LogP contribution is 2.28. The van der Waals surface area contributed by atoms with E-state index in [0.29, 0.717) is 11.5 Å². The van der Waals surface area contributed by atoms with Crippen molar-refractivity contribution in [1.29, 1.82) is 0 Å². The lowest BCUT2D eigenvalue weighted by atomic mass is 9.87. The SMILES string of the molecule is CNC(CCC(C)(C)C)c1cn(C)nc1C. The van der Waals surface area contributed by atoms with Gasteiger partial charge >= 0.3 is 0 Å². The third-order valence-electron chi connectivity index (χ3n) is 2.96. The van der Waals surface area contributed by atoms with Crippen LogP contribution in [0.3, 0.4) is 0 Å². The summed E-state index contributed by atoms with van der Waals surface area (Å²) in [6.45, 7) is 8.94. The van der Waals surface area contributed by atoms with Crippen LogP contribution in [0.5, 0.6) is 0 Å². The Hall–Kier alpha value is -0.830. The molecule has 1 atom stereocenters. The van der Waals surface area contributed by atoms with Gasteiger partial charge in [0.1, 0.15) is 0 Å². The molecule has 3 heteroatoms. The van der Waals surface area contributed by atoms with E-state index in [1.807, 2.05) is 18.8 Å². The predicted molar refractivity (Wildman–Crippen MR) is 68.4 cm³/mol. The zero-order chi connectivity index (χ0) is 12.3. The molecule has 0 bridgehead atoms. The molecule has 1 rings (SSSR count). The molecule has 0 fully saturated rings. The molecule has 92 valence electrons. The molecule has 0 aliphatic rings. The van der Waals surface area contributed by atoms with Crippen LogP contribution in [-0.4, -0.2) is 16.8 Å². The van der Waals surface area contributed by atoms with Gasteiger partial charge in [-0.25, -0.2) is 0 Å². The van der Waals surface area contributed by atoms with Crippen molar-refractivity contribution in [3.63, 3.8) is 0 Å². The van der Waals surface area contributed by atoms with Gasteiger partial charge in [0.25, 0.3) is 0 Å². The summed E-state index contributed by atoms with van der Waals surface area (Å²) in [4.78, 5) is 0. The van der Waals surface area contributed by atoms with Crippen molar-refractivity contribution in [3.8, 4) is 0 Å². The van der Waals surface area contributed by atoms with Crippen molar-refractivity contribution in [2.75, 3.05) is 7.05 Å². The van der Waals surface area contributed by atoms with Gasteiger partial charge in [0, 0.05) is 24.8 Å². The lowest BCUT2D eigenvalue weighted by Gasteiger charge is -2.22. The first-order valence-electron chi connectivity index (χ1n) is 6.01. The summed E-state index contributed by atoms with van der Waals surface area (Å²) < 4.78 is 1.89. The minimum absolute atomic E-state index is 0.394. The van der Waals surface area contributed by atoms with Gasteiger partial charge in [0.15, 0.2) is 0 Å². The van der Waals surface area contributed by atoms with Gasteiger partial charge in [0.05, 0.1) is 5.69 Å². The van der Waals surface area contributed by atoms with Crippen LogP contribution in [0.15, 0.2) is 6.20 Å². The normalized spacial score (nSPS) is 14.1. The third kappa shape index (κ3) is 3.63. The van der Waals surface area contributed by atoms with Gasteiger partial charge in [-0.2, -0.15) is 5.10 Å². The van der Waals surface area contributed by atoms with Crippen LogP contribution in [0.2, 0.25) is 0 Å². The zero-order valence-corrected chi connectivity index (χ0v) is 11.5. The van der Waals surface area contributed by atoms with E-state index in [-0.39, 0.29) is 0 Å². The summed E-state index contributed by atoms with van der Waals surface area (Å²) in [7, 11) is 4.01. The Balaban J connectivity index is 2.71. The number of rotatable bonds is 4. The molecule has 1 N–H and O–H groups in total. The number of hydrogen-bond acceptors (Lipinski definition) is 2. The van der Waals surface area contributed by atoms with Crippen molar-refractivity contribution in [2.45, 2.75) is 46.6 Å². The summed E-state index contributed by atoms with van der Waals surface area (Å²) in [5.74, 6) is 0. The zero-order valence-electron chi connectivity index (χ0n) is 11.5. The molecule has 0 spiro atoms. The Morgan fingerprint density at radius 3 is 2.44 bits per heavy atom. The fourth-order valence-electron chi connectivity index (χ4n) is 1.99. The number of hydrogen-bond donors (Lipinski definition) is 1. The van der Waals surface area contributed by atoms with E-state index in [0.717, 1.165) is 12.1 Å². The van der Waals surface area contributed by atoms with Gasteiger partial charge in [-0.3, -0.25) is 4.68 Å². The fraction of sp³-hybridized carbons (Fsp3) is 0.769. The van der Waals surface area contributed by atoms with Gasteiger partial charge in [-0.15, -0.1) is 0 Å². The lowest BCUT2D eigenvalue weighted by molar-refractivity contribution is 0.337. The molecule has 0 aromatic carbocycles. The summed E-state index contributed by atoms with van der Waals surface area (Å²) in [6, 6.07) is 0.424. The van der Waals surface area contributed by atoms with E-state index < -0.39 is 0 Å². The van der Waals surface area contributed by atoms with Gasteiger partial charge in [-0.05, 0) is 32.2 Å². The van der Waals surface area contributed by atoms with Crippen LogP contribution in [0.1, 0.15) is 50.9 Å². The highest BCUT2D eigenvalue weighted by atomic mass is 15.3. The Morgan fingerprint density at radius 1 is 1.44 bits per heavy atom. The van der Waals surface area contributed by atoms with E-state index in [1.165, 1.54) is 12.0 Å². The van der Waals surface area contributed by atoms with Crippen LogP contribution in [0, 0.1) is 12.3 Å². The molecule has 1 aromatic rings. The summed E-state index contributed by atoms with van der Waals surface area (Å²) in [5, 5.41) is 7.79. The van der Waals surface area contributed by atoms with Crippen LogP contribution in [0.25, 0.3) is 0 Å². The average Bonchev–Trinajstić information content (AvgIpc) is 2.45. The maximum absolute atomic E-state index is 4.40. The molecule has 1 unspecified atom stereocenters. The predicted octanol–water partition coefficient (Wildman–Crippen LogP) is 2.82. The molecule has 3 nitrogen and oxygen atoms in total. The first-order valence-corrected chi connectivity index (χ1v) is 6.01. The highest BCUT2D eigenvalue weighted by molar-refractivity contribution is 5.19. The summed E-state index contributed by atoms with van der Waals surface area (Å²) in [6.07, 6.45) is 4.50. The van der Waals surface area contributed by atoms with Crippen molar-refractivity contribution < 1.29 is 0 Å². The molecular weight excluding hydrogens is 198 g/mol. The molecule has 0 aliphatic carbocycles. The molecule has 0 radical (unpaired) electrons. The molecule has 1 aromatic heterocycles. The smallest absolute Gasteiger partial charge is 0.0641 e. The van der Waals surface area contributed by atoms with Gasteiger partial charge in [0.2, 0.25) is 0 Å². The van der Waals surface area contributed by atoms with Crippen LogP contribution in [-0.2, 0) is 7.05 Å². The summed E-state index contributed by atoms with van der Waals surface area (Å²) in [5.41, 5.74) is 2.86. The van der Waals surface area contributed by atoms with Crippen molar-refractivity contribution >= 4 is 0 Å². The molecule has 0 saturated carbocycles. The maximum atomic E-state index is 4.40. The monoisotopic (exact) mass is 223 g/mol. The average molecular weight is 223 g/mol. The van der Waals surface area contributed by atoms with Crippen LogP contribution >= 0.6 is 0 Å². The first-order chi connectivity index (χ1) is 7.33. The first kappa shape index (κ1) is 13.2. The second kappa shape index (κ2) is 5.00. The quantitative estimate of drug-likeness (QED) is 0.850. The van der Waals surface area contributed by atoms with Crippen LogP contribution in [0.4, 0.5) is 0 Å². The van der Waals surface area contributed by atoms with E-state index in [4.69, 9.17) is 0 Å². The van der Waals surface area contributed by atoms with Crippen molar-refractivity contribution in [3.05, 3.63) is 17.5 Å². The molecule has 16 heavy (non-hydrogen) atoms. The second-order valence-electron chi connectivity index (χ2n) is 5.78. The Labute approximate surface area is 99.2 Å². The molecule has 1 heterocycles. The Bertz CT molecular complexity index is 333. The number of aromatic nitrogens is 2. The minimum atomic E-state index is 0.394. The minimum Gasteiger partial charge on any atom is -0.313 e. The van der Waals surface area contributed by atoms with E-state index in [2.05, 4.69) is 44.3 Å². The molecule has 0 amide bonds. The lowest BCUT2D eigenvalue weighted by Crippen LogP contribution is -2.19. The second-order valence-corrected chi connectivity index (χ2v) is 5.78. The van der Waals surface area contributed by atoms with E-state index in [1.54, 1.807) is 0 Å². The number of nitrogens with one attached hydrogen (secondary N) is 1. The number of aryl methyl sites for hydroxylation is 2. The Morgan fingerprint density at radius 2 is 2.06 bits per heavy atom. The van der Waals surface area contributed by atoms with E-state index in [9.17, 15) is 0 Å². The number of nitrogens with zero attached hydrogens (tertiary/aromatic N) is 2. The van der Waals surface area contributed by atoms with Crippen LogP contribution < -0.4 is 5.32 Å². The third-order valence-corrected chi connectivity index (χ3v) is 2.96. The molecule has 0 saturated heterocycles. The van der Waals surface area contributed by atoms with E-state index >= 15 is 0 Å². The van der Waals surface area contributed by atoms with Gasteiger partial charge in [-0.1, -0.05) is 20.8 Å². The topological polar surface area (TPSA) is 29.9 Å². The standard InChI is InChI=1S/C13H25N3/c1-10-11(9-16(6)15-10)12(14-5)7-8-13(2,3)4/h9,12,14H,7-8H2,1-6H3. The van der Waals surface area contributed by atoms with Gasteiger partial charge < -0.3 is 5.32 Å². The maximum Gasteiger partial charge on any atom is 0.0641 e. The van der Waals surface area contributed by atoms with Crippen molar-refractivity contribution in [1.82, 2.24) is 15.1 Å². The molecule has 0 aliphatic heterocycles. The Kier molecular flexibility index (Phi) is 4.14. The summed E-state index contributed by atoms with van der Waals surface area (Å²) >= 11 is 0. The molecular formula is C13H25N3.